The van der Waals surface area contributed by atoms with Gasteiger partial charge in [0.25, 0.3) is 15.9 Å². The van der Waals surface area contributed by atoms with Crippen LogP contribution in [0.4, 0.5) is 0 Å². The number of aromatic nitrogens is 1. The number of rotatable bonds is 7. The Kier molecular flexibility index (Phi) is 8.06. The summed E-state index contributed by atoms with van der Waals surface area (Å²) in [4.78, 5) is 33.2. The number of benzene rings is 1. The molecule has 0 saturated carbocycles. The minimum atomic E-state index is -3.95. The molecule has 1 saturated heterocycles. The average Bonchev–Trinajstić information content (AvgIpc) is 3.51. The van der Waals surface area contributed by atoms with E-state index in [1.54, 1.807) is 29.2 Å². The molecule has 1 aromatic carbocycles. The van der Waals surface area contributed by atoms with Gasteiger partial charge in [-0.1, -0.05) is 17.7 Å². The van der Waals surface area contributed by atoms with Gasteiger partial charge >= 0.3 is 0 Å². The fraction of sp³-hybridized carbons (Fsp3) is 0.458. The number of nitrogens with zero attached hydrogens (tertiary/aromatic N) is 3. The van der Waals surface area contributed by atoms with Crippen LogP contribution in [0.15, 0.2) is 28.5 Å². The Morgan fingerprint density at radius 1 is 1.26 bits per heavy atom. The van der Waals surface area contributed by atoms with E-state index in [-0.39, 0.29) is 55.4 Å². The first-order chi connectivity index (χ1) is 18.2. The second-order valence-corrected chi connectivity index (χ2v) is 14.1. The summed E-state index contributed by atoms with van der Waals surface area (Å²) in [5, 5.41) is 16.7. The molecule has 2 aliphatic heterocycles. The first-order valence-electron chi connectivity index (χ1n) is 12.3. The van der Waals surface area contributed by atoms with Gasteiger partial charge in [0.2, 0.25) is 5.91 Å². The maximum Gasteiger partial charge on any atom is 0.282 e. The van der Waals surface area contributed by atoms with Crippen LogP contribution in [0.5, 0.6) is 0 Å². The fourth-order valence-corrected chi connectivity index (χ4v) is 9.17. The smallest absolute Gasteiger partial charge is 0.282 e. The summed E-state index contributed by atoms with van der Waals surface area (Å²) in [6.07, 6.45) is 0.606. The number of halogens is 1. The molecule has 3 N–H and O–H groups in total. The number of nitrogens with one attached hydrogen (secondary N) is 2. The summed E-state index contributed by atoms with van der Waals surface area (Å²) in [6.45, 7) is 2.86. The molecular formula is C24H28ClN5O5S3. The highest BCUT2D eigenvalue weighted by Crippen LogP contribution is 2.34. The minimum absolute atomic E-state index is 0.0463. The van der Waals surface area contributed by atoms with Crippen molar-refractivity contribution in [1.29, 1.82) is 0 Å². The molecule has 14 heteroatoms. The van der Waals surface area contributed by atoms with Crippen molar-refractivity contribution in [3.05, 3.63) is 44.9 Å². The first-order valence-corrected chi connectivity index (χ1v) is 15.7. The lowest BCUT2D eigenvalue weighted by Crippen LogP contribution is -2.57. The normalized spacial score (nSPS) is 20.4. The van der Waals surface area contributed by atoms with Gasteiger partial charge < -0.3 is 20.6 Å². The van der Waals surface area contributed by atoms with Crippen molar-refractivity contribution in [2.75, 3.05) is 32.8 Å². The van der Waals surface area contributed by atoms with E-state index in [0.717, 1.165) is 38.4 Å². The Labute approximate surface area is 233 Å². The number of thiazole rings is 1. The number of amides is 2. The van der Waals surface area contributed by atoms with Crippen molar-refractivity contribution in [3.63, 3.8) is 0 Å². The van der Waals surface area contributed by atoms with Crippen LogP contribution >= 0.6 is 34.3 Å². The fourth-order valence-electron chi connectivity index (χ4n) is 4.75. The topological polar surface area (TPSA) is 132 Å². The zero-order valence-electron chi connectivity index (χ0n) is 20.6. The van der Waals surface area contributed by atoms with E-state index < -0.39 is 22.0 Å². The molecule has 0 aliphatic carbocycles. The molecule has 2 atom stereocenters. The molecule has 2 aliphatic rings. The Balaban J connectivity index is 1.40. The lowest BCUT2D eigenvalue weighted by Gasteiger charge is -2.39. The Morgan fingerprint density at radius 2 is 2.08 bits per heavy atom. The van der Waals surface area contributed by atoms with E-state index in [9.17, 15) is 18.0 Å². The van der Waals surface area contributed by atoms with E-state index in [0.29, 0.717) is 16.6 Å². The van der Waals surface area contributed by atoms with E-state index >= 15 is 0 Å². The lowest BCUT2D eigenvalue weighted by atomic mass is 10.1. The number of sulfonamides is 1. The van der Waals surface area contributed by atoms with Crippen molar-refractivity contribution in [3.8, 4) is 0 Å². The van der Waals surface area contributed by atoms with Gasteiger partial charge in [0.05, 0.1) is 18.3 Å². The zero-order valence-corrected chi connectivity index (χ0v) is 23.9. The van der Waals surface area contributed by atoms with Crippen molar-refractivity contribution < 1.29 is 23.1 Å². The molecule has 38 heavy (non-hydrogen) atoms. The van der Waals surface area contributed by atoms with Gasteiger partial charge in [-0.3, -0.25) is 9.59 Å². The number of carbonyl (C=O) groups is 2. The Morgan fingerprint density at radius 3 is 2.87 bits per heavy atom. The van der Waals surface area contributed by atoms with Crippen molar-refractivity contribution in [2.45, 2.75) is 42.6 Å². The van der Waals surface area contributed by atoms with Crippen LogP contribution < -0.4 is 10.6 Å². The number of hydrogen-bond acceptors (Lipinski definition) is 9. The van der Waals surface area contributed by atoms with Crippen LogP contribution in [0.25, 0.3) is 10.1 Å². The highest BCUT2D eigenvalue weighted by atomic mass is 35.5. The van der Waals surface area contributed by atoms with Gasteiger partial charge in [-0.15, -0.1) is 22.7 Å². The molecule has 2 aromatic heterocycles. The van der Waals surface area contributed by atoms with E-state index in [4.69, 9.17) is 16.7 Å². The molecule has 204 valence electrons. The van der Waals surface area contributed by atoms with E-state index in [2.05, 4.69) is 22.5 Å². The van der Waals surface area contributed by atoms with Crippen LogP contribution in [0, 0.1) is 0 Å². The Hall–Kier alpha value is -2.13. The summed E-state index contributed by atoms with van der Waals surface area (Å²) in [5.74, 6) is -0.655. The van der Waals surface area contributed by atoms with Crippen LogP contribution in [-0.2, 0) is 27.8 Å². The van der Waals surface area contributed by atoms with Crippen molar-refractivity contribution >= 4 is 66.2 Å². The van der Waals surface area contributed by atoms with Crippen LogP contribution in [0.2, 0.25) is 5.02 Å². The third-order valence-electron chi connectivity index (χ3n) is 6.67. The third-order valence-corrected chi connectivity index (χ3v) is 11.5. The van der Waals surface area contributed by atoms with Crippen molar-refractivity contribution in [2.24, 2.45) is 0 Å². The third kappa shape index (κ3) is 5.60. The lowest BCUT2D eigenvalue weighted by molar-refractivity contribution is -0.122. The molecule has 0 radical (unpaired) electrons. The first kappa shape index (κ1) is 27.4. The maximum atomic E-state index is 13.8. The minimum Gasteiger partial charge on any atom is -0.395 e. The molecule has 10 nitrogen and oxygen atoms in total. The highest BCUT2D eigenvalue weighted by Gasteiger charge is 2.40. The predicted molar refractivity (Wildman–Crippen MR) is 147 cm³/mol. The molecule has 0 spiro atoms. The predicted octanol–water partition coefficient (Wildman–Crippen LogP) is 2.06. The van der Waals surface area contributed by atoms with Gasteiger partial charge in [0.1, 0.15) is 4.21 Å². The van der Waals surface area contributed by atoms with Gasteiger partial charge in [-0.25, -0.2) is 13.4 Å². The molecule has 4 heterocycles. The van der Waals surface area contributed by atoms with Gasteiger partial charge in [0.15, 0.2) is 5.01 Å². The van der Waals surface area contributed by atoms with E-state index in [1.165, 1.54) is 15.6 Å². The molecule has 5 rings (SSSR count). The monoisotopic (exact) mass is 597 g/mol. The second-order valence-electron chi connectivity index (χ2n) is 9.42. The van der Waals surface area contributed by atoms with Crippen LogP contribution in [-0.4, -0.2) is 84.4 Å². The van der Waals surface area contributed by atoms with Crippen LogP contribution in [0.1, 0.15) is 33.7 Å². The van der Waals surface area contributed by atoms with Gasteiger partial charge in [-0.05, 0) is 30.5 Å². The number of thiophene rings is 1. The largest absolute Gasteiger partial charge is 0.395 e. The summed E-state index contributed by atoms with van der Waals surface area (Å²) in [5.41, 5.74) is 0.926. The second kappa shape index (κ2) is 11.2. The number of carbonyl (C=O) groups excluding carboxylic acids is 2. The standard InChI is InChI=1S/C24H28ClN5O5S3/c1-14-8-18-20(12-27-14)37-23(28-18)24(33)29-5-6-30(17(13-29)11-21(32)26-4-7-31)38(34,35)22-9-15-2-3-16(25)10-19(15)36-22/h2-3,9-10,14,17,27,31H,4-8,11-13H2,1H3,(H,26,32). The zero-order chi connectivity index (χ0) is 27.0. The summed E-state index contributed by atoms with van der Waals surface area (Å²) in [7, 11) is -3.95. The number of fused-ring (bicyclic) bond motifs is 2. The quantitative estimate of drug-likeness (QED) is 0.380. The molecule has 1 fully saturated rings. The summed E-state index contributed by atoms with van der Waals surface area (Å²) in [6, 6.07) is 6.32. The SMILES string of the molecule is CC1Cc2nc(C(=O)N3CCN(S(=O)(=O)c4cc5ccc(Cl)cc5s4)C(CC(=O)NCCO)C3)sc2CN1. The molecular weight excluding hydrogens is 570 g/mol. The van der Waals surface area contributed by atoms with Gasteiger partial charge in [-0.2, -0.15) is 4.31 Å². The summed E-state index contributed by atoms with van der Waals surface area (Å²) >= 11 is 8.57. The number of aliphatic hydroxyl groups excluding tert-OH is 1. The highest BCUT2D eigenvalue weighted by molar-refractivity contribution is 7.91. The van der Waals surface area contributed by atoms with Crippen molar-refractivity contribution in [1.82, 2.24) is 24.8 Å². The number of aliphatic hydroxyl groups is 1. The average molecular weight is 598 g/mol. The molecule has 2 unspecified atom stereocenters. The molecule has 0 bridgehead atoms. The van der Waals surface area contributed by atoms with Gasteiger partial charge in [0, 0.05) is 66.2 Å². The number of hydrogen-bond donors (Lipinski definition) is 3. The number of piperazine rings is 1. The molecule has 2 amide bonds. The molecule has 3 aromatic rings. The maximum absolute atomic E-state index is 13.8. The Bertz CT molecular complexity index is 1470. The van der Waals surface area contributed by atoms with E-state index in [1.807, 2.05) is 0 Å². The van der Waals surface area contributed by atoms with Crippen LogP contribution in [0.3, 0.4) is 0 Å². The summed E-state index contributed by atoms with van der Waals surface area (Å²) < 4.78 is 29.8.